The molecule has 1 aromatic rings. The highest BCUT2D eigenvalue weighted by Gasteiger charge is 2.24. The number of hydrogen-bond acceptors (Lipinski definition) is 6. The lowest BCUT2D eigenvalue weighted by Crippen LogP contribution is -2.11. The first-order chi connectivity index (χ1) is 11.1. The lowest BCUT2D eigenvalue weighted by molar-refractivity contribution is -0.134. The average molecular weight is 352 g/mol. The van der Waals surface area contributed by atoms with Crippen LogP contribution < -0.4 is 9.47 Å². The van der Waals surface area contributed by atoms with Crippen LogP contribution in [-0.2, 0) is 9.59 Å². The van der Waals surface area contributed by atoms with Crippen LogP contribution >= 0.6 is 23.5 Å². The number of thioether (sulfide) groups is 2. The van der Waals surface area contributed by atoms with Crippen LogP contribution in [0.5, 0.6) is 11.5 Å². The van der Waals surface area contributed by atoms with E-state index < -0.39 is 11.8 Å². The van der Waals surface area contributed by atoms with Crippen molar-refractivity contribution in [3.63, 3.8) is 0 Å². The number of aliphatic carboxylic acids is 1. The number of rotatable bonds is 6. The third-order valence-corrected chi connectivity index (χ3v) is 5.76. The summed E-state index contributed by atoms with van der Waals surface area (Å²) in [5.41, 5.74) is 0.562. The van der Waals surface area contributed by atoms with E-state index in [9.17, 15) is 14.7 Å². The highest BCUT2D eigenvalue weighted by molar-refractivity contribution is 8.25. The fraction of sp³-hybridized carbons (Fsp3) is 0.250. The Kier molecular flexibility index (Phi) is 6.18. The van der Waals surface area contributed by atoms with E-state index in [4.69, 9.17) is 9.47 Å². The van der Waals surface area contributed by atoms with Crippen molar-refractivity contribution in [2.75, 3.05) is 25.7 Å². The van der Waals surface area contributed by atoms with E-state index in [0.29, 0.717) is 15.7 Å². The monoisotopic (exact) mass is 352 g/mol. The summed E-state index contributed by atoms with van der Waals surface area (Å²) in [6.07, 6.45) is 2.84. The van der Waals surface area contributed by atoms with Gasteiger partial charge in [-0.05, 0) is 23.8 Å². The molecule has 1 aliphatic rings. The number of carboxylic acid groups (broad SMARTS) is 1. The van der Waals surface area contributed by atoms with Crippen LogP contribution in [0.25, 0.3) is 6.08 Å². The predicted molar refractivity (Wildman–Crippen MR) is 93.2 cm³/mol. The van der Waals surface area contributed by atoms with Crippen LogP contribution in [0.2, 0.25) is 0 Å². The molecular formula is C16H16O5S2. The Balaban J connectivity index is 2.23. The van der Waals surface area contributed by atoms with Crippen LogP contribution in [0.3, 0.4) is 0 Å². The number of hydrogen-bond donors (Lipinski definition) is 1. The molecule has 122 valence electrons. The second-order valence-corrected chi connectivity index (χ2v) is 6.95. The van der Waals surface area contributed by atoms with Crippen molar-refractivity contribution in [1.82, 2.24) is 0 Å². The summed E-state index contributed by atoms with van der Waals surface area (Å²) in [4.78, 5) is 23.6. The van der Waals surface area contributed by atoms with Crippen molar-refractivity contribution in [2.45, 2.75) is 0 Å². The minimum Gasteiger partial charge on any atom is -0.493 e. The minimum atomic E-state index is -1.19. The summed E-state index contributed by atoms with van der Waals surface area (Å²) in [6.45, 7) is 0. The van der Waals surface area contributed by atoms with Crippen molar-refractivity contribution in [1.29, 1.82) is 0 Å². The van der Waals surface area contributed by atoms with Gasteiger partial charge >= 0.3 is 5.97 Å². The van der Waals surface area contributed by atoms with Gasteiger partial charge in [0, 0.05) is 11.5 Å². The Morgan fingerprint density at radius 2 is 1.78 bits per heavy atom. The molecular weight excluding hydrogens is 336 g/mol. The maximum Gasteiger partial charge on any atom is 0.341 e. The molecule has 1 aromatic carbocycles. The third kappa shape index (κ3) is 4.33. The van der Waals surface area contributed by atoms with E-state index in [1.807, 2.05) is 0 Å². The van der Waals surface area contributed by atoms with Gasteiger partial charge in [-0.1, -0.05) is 12.1 Å². The first kappa shape index (κ1) is 17.5. The molecule has 0 saturated carbocycles. The lowest BCUT2D eigenvalue weighted by atomic mass is 10.1. The van der Waals surface area contributed by atoms with Gasteiger partial charge in [0.1, 0.15) is 5.57 Å². The molecule has 0 unspecified atom stereocenters. The summed E-state index contributed by atoms with van der Waals surface area (Å²) in [6, 6.07) is 5.20. The van der Waals surface area contributed by atoms with E-state index in [1.54, 1.807) is 31.4 Å². The molecule has 0 aliphatic carbocycles. The van der Waals surface area contributed by atoms with Crippen molar-refractivity contribution in [2.24, 2.45) is 0 Å². The molecule has 2 rings (SSSR count). The second kappa shape index (κ2) is 8.12. The molecule has 7 heteroatoms. The molecule has 0 radical (unpaired) electrons. The molecule has 1 fully saturated rings. The number of ether oxygens (including phenoxy) is 2. The summed E-state index contributed by atoms with van der Waals surface area (Å²) in [5.74, 6) is 1.07. The van der Waals surface area contributed by atoms with E-state index in [2.05, 4.69) is 0 Å². The smallest absolute Gasteiger partial charge is 0.341 e. The summed E-state index contributed by atoms with van der Waals surface area (Å²) < 4.78 is 10.9. The normalized spacial score (nSPS) is 14.1. The fourth-order valence-corrected chi connectivity index (χ4v) is 4.50. The first-order valence-electron chi connectivity index (χ1n) is 6.74. The van der Waals surface area contributed by atoms with Gasteiger partial charge in [0.2, 0.25) is 0 Å². The second-order valence-electron chi connectivity index (χ2n) is 4.48. The third-order valence-electron chi connectivity index (χ3n) is 3.05. The largest absolute Gasteiger partial charge is 0.493 e. The zero-order valence-electron chi connectivity index (χ0n) is 12.7. The summed E-state index contributed by atoms with van der Waals surface area (Å²) in [5, 5.41) is 9.28. The lowest BCUT2D eigenvalue weighted by Gasteiger charge is -2.07. The van der Waals surface area contributed by atoms with Crippen molar-refractivity contribution >= 4 is 41.4 Å². The van der Waals surface area contributed by atoms with E-state index in [0.717, 1.165) is 17.1 Å². The van der Waals surface area contributed by atoms with E-state index >= 15 is 0 Å². The highest BCUT2D eigenvalue weighted by Crippen LogP contribution is 2.39. The topological polar surface area (TPSA) is 72.8 Å². The van der Waals surface area contributed by atoms with Crippen LogP contribution in [0, 0.1) is 0 Å². The van der Waals surface area contributed by atoms with Gasteiger partial charge in [-0.3, -0.25) is 4.79 Å². The Bertz CT molecular complexity index is 671. The van der Waals surface area contributed by atoms with Gasteiger partial charge in [-0.2, -0.15) is 0 Å². The molecule has 1 heterocycles. The Hall–Kier alpha value is -1.86. The molecule has 1 aliphatic heterocycles. The molecule has 23 heavy (non-hydrogen) atoms. The minimum absolute atomic E-state index is 0.158. The number of benzene rings is 1. The Morgan fingerprint density at radius 3 is 2.35 bits per heavy atom. The zero-order valence-corrected chi connectivity index (χ0v) is 14.3. The first-order valence-corrected chi connectivity index (χ1v) is 8.71. The van der Waals surface area contributed by atoms with Crippen LogP contribution in [0.4, 0.5) is 0 Å². The van der Waals surface area contributed by atoms with E-state index in [1.165, 1.54) is 36.7 Å². The number of allylic oxidation sites excluding steroid dienone is 1. The number of carbonyl (C=O) groups excluding carboxylic acids is 1. The van der Waals surface area contributed by atoms with Gasteiger partial charge < -0.3 is 14.6 Å². The van der Waals surface area contributed by atoms with Gasteiger partial charge in [-0.15, -0.1) is 23.5 Å². The zero-order chi connectivity index (χ0) is 16.8. The molecule has 0 bridgehead atoms. The van der Waals surface area contributed by atoms with Crippen molar-refractivity contribution in [3.8, 4) is 11.5 Å². The van der Waals surface area contributed by atoms with Crippen molar-refractivity contribution < 1.29 is 24.2 Å². The van der Waals surface area contributed by atoms with Crippen LogP contribution in [0.15, 0.2) is 34.1 Å². The van der Waals surface area contributed by atoms with Gasteiger partial charge in [0.25, 0.3) is 0 Å². The molecule has 0 spiro atoms. The molecule has 1 saturated heterocycles. The molecule has 0 atom stereocenters. The highest BCUT2D eigenvalue weighted by atomic mass is 32.2. The molecule has 1 N–H and O–H groups in total. The van der Waals surface area contributed by atoms with E-state index in [-0.39, 0.29) is 5.57 Å². The predicted octanol–water partition coefficient (Wildman–Crippen LogP) is 3.06. The standard InChI is InChI=1S/C16H16O5S2/c1-20-12-6-4-10(9-13(12)21-2)3-5-11(17)14(15(18)19)16-22-7-8-23-16/h3-6,9H,7-8H2,1-2H3,(H,18,19). The number of methoxy groups -OCH3 is 2. The molecule has 0 amide bonds. The van der Waals surface area contributed by atoms with Crippen molar-refractivity contribution in [3.05, 3.63) is 39.6 Å². The Labute approximate surface area is 142 Å². The average Bonchev–Trinajstić information content (AvgIpc) is 3.06. The quantitative estimate of drug-likeness (QED) is 0.479. The number of carbonyl (C=O) groups is 2. The van der Waals surface area contributed by atoms with Gasteiger partial charge in [0.05, 0.1) is 18.5 Å². The van der Waals surface area contributed by atoms with Crippen LogP contribution in [-0.4, -0.2) is 42.6 Å². The fourth-order valence-electron chi connectivity index (χ4n) is 1.96. The Morgan fingerprint density at radius 1 is 1.13 bits per heavy atom. The number of carboxylic acids is 1. The summed E-state index contributed by atoms with van der Waals surface area (Å²) in [7, 11) is 3.07. The SMILES string of the molecule is COc1ccc(C=CC(=O)C(C(=O)O)=C2SCCS2)cc1OC. The maximum atomic E-state index is 12.2. The summed E-state index contributed by atoms with van der Waals surface area (Å²) >= 11 is 2.82. The molecule has 0 aromatic heterocycles. The number of ketones is 1. The van der Waals surface area contributed by atoms with Gasteiger partial charge in [0.15, 0.2) is 17.3 Å². The van der Waals surface area contributed by atoms with Crippen LogP contribution in [0.1, 0.15) is 5.56 Å². The van der Waals surface area contributed by atoms with Gasteiger partial charge in [-0.25, -0.2) is 4.79 Å². The maximum absolute atomic E-state index is 12.2. The molecule has 5 nitrogen and oxygen atoms in total.